The van der Waals surface area contributed by atoms with Crippen molar-refractivity contribution in [3.05, 3.63) is 70.5 Å². The highest BCUT2D eigenvalue weighted by Gasteiger charge is 2.15. The van der Waals surface area contributed by atoms with Crippen molar-refractivity contribution in [2.75, 3.05) is 23.3 Å². The van der Waals surface area contributed by atoms with Gasteiger partial charge < -0.3 is 19.5 Å². The van der Waals surface area contributed by atoms with E-state index in [9.17, 15) is 4.79 Å². The molecule has 0 unspecified atom stereocenters. The number of pyridine rings is 1. The number of aryl methyl sites for hydroxylation is 1. The third kappa shape index (κ3) is 4.60. The fourth-order valence-corrected chi connectivity index (χ4v) is 3.42. The molecule has 0 atom stereocenters. The summed E-state index contributed by atoms with van der Waals surface area (Å²) in [5.74, 6) is 1.11. The standard InChI is InChI=1S/C24H23N7O2/c1-4-31(5-2)23-27-22(26-17-12-10-16(15-25)11-13-17)28-24(29-23)33-20-14-21(32)30(3)19-9-7-6-8-18(19)20/h6-14H,4-5H2,1-3H3,(H,26,27,28,29). The van der Waals surface area contributed by atoms with Crippen LogP contribution in [-0.2, 0) is 7.05 Å². The van der Waals surface area contributed by atoms with Crippen molar-refractivity contribution in [2.45, 2.75) is 13.8 Å². The lowest BCUT2D eigenvalue weighted by molar-refractivity contribution is 0.443. The number of para-hydroxylation sites is 1. The number of nitriles is 1. The predicted octanol–water partition coefficient (Wildman–Crippen LogP) is 3.98. The summed E-state index contributed by atoms with van der Waals surface area (Å²) >= 11 is 0. The van der Waals surface area contributed by atoms with Crippen LogP contribution in [0.15, 0.2) is 59.4 Å². The van der Waals surface area contributed by atoms with Crippen molar-refractivity contribution >= 4 is 28.5 Å². The monoisotopic (exact) mass is 441 g/mol. The third-order valence-corrected chi connectivity index (χ3v) is 5.24. The molecule has 4 rings (SSSR count). The molecule has 0 saturated heterocycles. The van der Waals surface area contributed by atoms with Crippen LogP contribution in [0.3, 0.4) is 0 Å². The van der Waals surface area contributed by atoms with Crippen molar-refractivity contribution < 1.29 is 4.74 Å². The first-order chi connectivity index (χ1) is 16.0. The summed E-state index contributed by atoms with van der Waals surface area (Å²) in [7, 11) is 1.72. The van der Waals surface area contributed by atoms with Gasteiger partial charge in [-0.3, -0.25) is 4.79 Å². The molecule has 0 fully saturated rings. The van der Waals surface area contributed by atoms with Crippen LogP contribution in [0.25, 0.3) is 10.9 Å². The Morgan fingerprint density at radius 1 is 1.06 bits per heavy atom. The van der Waals surface area contributed by atoms with Gasteiger partial charge in [-0.25, -0.2) is 0 Å². The van der Waals surface area contributed by atoms with E-state index in [1.165, 1.54) is 6.07 Å². The molecule has 9 heteroatoms. The number of benzene rings is 2. The maximum absolute atomic E-state index is 12.5. The summed E-state index contributed by atoms with van der Waals surface area (Å²) < 4.78 is 7.60. The molecule has 0 bridgehead atoms. The van der Waals surface area contributed by atoms with Gasteiger partial charge in [0.1, 0.15) is 5.75 Å². The molecule has 2 aromatic carbocycles. The van der Waals surface area contributed by atoms with E-state index in [0.717, 1.165) is 16.6 Å². The number of nitrogens with one attached hydrogen (secondary N) is 1. The lowest BCUT2D eigenvalue weighted by Crippen LogP contribution is -2.25. The SMILES string of the molecule is CCN(CC)c1nc(Nc2ccc(C#N)cc2)nc(Oc2cc(=O)n(C)c3ccccc23)n1. The first-order valence-corrected chi connectivity index (χ1v) is 10.6. The van der Waals surface area contributed by atoms with Crippen LogP contribution in [0.4, 0.5) is 17.6 Å². The van der Waals surface area contributed by atoms with Crippen LogP contribution < -0.4 is 20.5 Å². The zero-order valence-corrected chi connectivity index (χ0v) is 18.6. The second-order valence-corrected chi connectivity index (χ2v) is 7.25. The van der Waals surface area contributed by atoms with E-state index in [1.54, 1.807) is 35.9 Å². The second-order valence-electron chi connectivity index (χ2n) is 7.25. The van der Waals surface area contributed by atoms with Crippen LogP contribution in [0.5, 0.6) is 11.8 Å². The molecule has 166 valence electrons. The number of fused-ring (bicyclic) bond motifs is 1. The van der Waals surface area contributed by atoms with Gasteiger partial charge in [-0.1, -0.05) is 12.1 Å². The van der Waals surface area contributed by atoms with Crippen LogP contribution >= 0.6 is 0 Å². The van der Waals surface area contributed by atoms with Crippen LogP contribution in [-0.4, -0.2) is 32.6 Å². The zero-order chi connectivity index (χ0) is 23.4. The van der Waals surface area contributed by atoms with Gasteiger partial charge in [-0.15, -0.1) is 0 Å². The first-order valence-electron chi connectivity index (χ1n) is 10.6. The molecule has 0 saturated carbocycles. The number of ether oxygens (including phenoxy) is 1. The first kappa shape index (κ1) is 21.8. The van der Waals surface area contributed by atoms with Crippen molar-refractivity contribution in [3.8, 4) is 17.8 Å². The average molecular weight is 441 g/mol. The number of hydrogen-bond acceptors (Lipinski definition) is 8. The number of anilines is 3. The van der Waals surface area contributed by atoms with Crippen molar-refractivity contribution in [2.24, 2.45) is 7.05 Å². The van der Waals surface area contributed by atoms with E-state index >= 15 is 0 Å². The summed E-state index contributed by atoms with van der Waals surface area (Å²) in [6, 6.07) is 18.0. The molecule has 0 amide bonds. The minimum Gasteiger partial charge on any atom is -0.423 e. The van der Waals surface area contributed by atoms with Crippen molar-refractivity contribution in [3.63, 3.8) is 0 Å². The Bertz CT molecular complexity index is 1390. The van der Waals surface area contributed by atoms with E-state index in [0.29, 0.717) is 36.3 Å². The Labute approximate surface area is 190 Å². The Hall–Kier alpha value is -4.45. The van der Waals surface area contributed by atoms with Crippen LogP contribution in [0.2, 0.25) is 0 Å². The highest BCUT2D eigenvalue weighted by atomic mass is 16.5. The molecule has 33 heavy (non-hydrogen) atoms. The summed E-state index contributed by atoms with van der Waals surface area (Å²) in [5, 5.41) is 12.9. The summed E-state index contributed by atoms with van der Waals surface area (Å²) in [6.07, 6.45) is 0. The van der Waals surface area contributed by atoms with Gasteiger partial charge in [0.05, 0.1) is 17.1 Å². The van der Waals surface area contributed by atoms with Crippen molar-refractivity contribution in [1.82, 2.24) is 19.5 Å². The Balaban J connectivity index is 1.76. The zero-order valence-electron chi connectivity index (χ0n) is 18.6. The maximum atomic E-state index is 12.5. The minimum absolute atomic E-state index is 0.0708. The largest absolute Gasteiger partial charge is 0.423 e. The summed E-state index contributed by atoms with van der Waals surface area (Å²) in [5.41, 5.74) is 1.82. The van der Waals surface area contributed by atoms with Gasteiger partial charge in [0.25, 0.3) is 5.56 Å². The summed E-state index contributed by atoms with van der Waals surface area (Å²) in [4.78, 5) is 27.9. The maximum Gasteiger partial charge on any atom is 0.328 e. The van der Waals surface area contributed by atoms with Gasteiger partial charge >= 0.3 is 6.01 Å². The van der Waals surface area contributed by atoms with E-state index in [1.807, 2.05) is 43.0 Å². The van der Waals surface area contributed by atoms with Crippen LogP contribution in [0.1, 0.15) is 19.4 Å². The Morgan fingerprint density at radius 3 is 2.48 bits per heavy atom. The predicted molar refractivity (Wildman–Crippen MR) is 127 cm³/mol. The second kappa shape index (κ2) is 9.36. The lowest BCUT2D eigenvalue weighted by atomic mass is 10.2. The number of aromatic nitrogens is 4. The molecule has 2 heterocycles. The van der Waals surface area contributed by atoms with Gasteiger partial charge in [0.15, 0.2) is 0 Å². The Morgan fingerprint density at radius 2 is 1.79 bits per heavy atom. The van der Waals surface area contributed by atoms with E-state index in [2.05, 4.69) is 26.3 Å². The third-order valence-electron chi connectivity index (χ3n) is 5.24. The van der Waals surface area contributed by atoms with E-state index in [-0.39, 0.29) is 11.6 Å². The molecule has 0 aliphatic rings. The highest BCUT2D eigenvalue weighted by Crippen LogP contribution is 2.28. The quantitative estimate of drug-likeness (QED) is 0.459. The van der Waals surface area contributed by atoms with Gasteiger partial charge in [-0.2, -0.15) is 20.2 Å². The lowest BCUT2D eigenvalue weighted by Gasteiger charge is -2.19. The molecule has 0 radical (unpaired) electrons. The smallest absolute Gasteiger partial charge is 0.328 e. The molecular formula is C24H23N7O2. The highest BCUT2D eigenvalue weighted by molar-refractivity contribution is 5.85. The van der Waals surface area contributed by atoms with E-state index < -0.39 is 0 Å². The average Bonchev–Trinajstić information content (AvgIpc) is 2.83. The molecule has 2 aromatic heterocycles. The number of hydrogen-bond donors (Lipinski definition) is 1. The molecule has 0 spiro atoms. The van der Waals surface area contributed by atoms with Gasteiger partial charge in [-0.05, 0) is 50.2 Å². The van der Waals surface area contributed by atoms with Crippen LogP contribution in [0, 0.1) is 11.3 Å². The van der Waals surface area contributed by atoms with Crippen molar-refractivity contribution in [1.29, 1.82) is 5.26 Å². The fourth-order valence-electron chi connectivity index (χ4n) is 3.42. The fraction of sp³-hybridized carbons (Fsp3) is 0.208. The molecular weight excluding hydrogens is 418 g/mol. The Kier molecular flexibility index (Phi) is 6.17. The number of nitrogens with zero attached hydrogens (tertiary/aromatic N) is 6. The molecule has 0 aliphatic carbocycles. The minimum atomic E-state index is -0.197. The van der Waals surface area contributed by atoms with E-state index in [4.69, 9.17) is 10.00 Å². The topological polar surface area (TPSA) is 109 Å². The number of rotatable bonds is 7. The molecule has 0 aliphatic heterocycles. The molecule has 1 N–H and O–H groups in total. The molecule has 4 aromatic rings. The summed E-state index contributed by atoms with van der Waals surface area (Å²) in [6.45, 7) is 5.42. The molecule has 9 nitrogen and oxygen atoms in total. The normalized spacial score (nSPS) is 10.6. The van der Waals surface area contributed by atoms with Gasteiger partial charge in [0, 0.05) is 37.3 Å². The van der Waals surface area contributed by atoms with Gasteiger partial charge in [0.2, 0.25) is 11.9 Å².